The number of nitrogens with zero attached hydrogens (tertiary/aromatic N) is 1. The van der Waals surface area contributed by atoms with Crippen molar-refractivity contribution in [2.45, 2.75) is 39.7 Å². The average Bonchev–Trinajstić information content (AvgIpc) is 2.80. The first-order valence-corrected chi connectivity index (χ1v) is 6.87. The van der Waals surface area contributed by atoms with E-state index < -0.39 is 0 Å². The number of hydrogen-bond donors (Lipinski definition) is 2. The number of furan rings is 1. The van der Waals surface area contributed by atoms with E-state index in [4.69, 9.17) is 10.2 Å². The Balaban J connectivity index is 2.13. The van der Waals surface area contributed by atoms with Gasteiger partial charge in [-0.2, -0.15) is 0 Å². The lowest BCUT2D eigenvalue weighted by Gasteiger charge is -2.19. The SMILES string of the molecule is Cc1ccc(CNC(=O)c2cc(N)nc(C(C)(C)C)c2)o1. The largest absolute Gasteiger partial charge is 0.465 e. The molecule has 0 aliphatic rings. The van der Waals surface area contributed by atoms with Gasteiger partial charge in [-0.25, -0.2) is 4.98 Å². The quantitative estimate of drug-likeness (QED) is 0.909. The second-order valence-corrected chi connectivity index (χ2v) is 6.11. The van der Waals surface area contributed by atoms with Crippen molar-refractivity contribution in [1.82, 2.24) is 10.3 Å². The predicted octanol–water partition coefficient (Wildman–Crippen LogP) is 2.79. The van der Waals surface area contributed by atoms with Gasteiger partial charge in [-0.3, -0.25) is 4.79 Å². The highest BCUT2D eigenvalue weighted by Crippen LogP contribution is 2.22. The molecule has 3 N–H and O–H groups in total. The highest BCUT2D eigenvalue weighted by atomic mass is 16.3. The molecule has 0 spiro atoms. The van der Waals surface area contributed by atoms with Crippen LogP contribution in [0.4, 0.5) is 5.82 Å². The predicted molar refractivity (Wildman–Crippen MR) is 82.0 cm³/mol. The highest BCUT2D eigenvalue weighted by Gasteiger charge is 2.18. The van der Waals surface area contributed by atoms with E-state index in [-0.39, 0.29) is 11.3 Å². The van der Waals surface area contributed by atoms with Crippen LogP contribution in [0, 0.1) is 6.92 Å². The Morgan fingerprint density at radius 2 is 2.05 bits per heavy atom. The molecule has 21 heavy (non-hydrogen) atoms. The third-order valence-electron chi connectivity index (χ3n) is 3.09. The summed E-state index contributed by atoms with van der Waals surface area (Å²) in [7, 11) is 0. The maximum atomic E-state index is 12.2. The van der Waals surface area contributed by atoms with Gasteiger partial charge in [0.15, 0.2) is 0 Å². The lowest BCUT2D eigenvalue weighted by atomic mass is 9.90. The normalized spacial score (nSPS) is 11.4. The van der Waals surface area contributed by atoms with Crippen LogP contribution in [-0.4, -0.2) is 10.9 Å². The monoisotopic (exact) mass is 287 g/mol. The Morgan fingerprint density at radius 3 is 2.62 bits per heavy atom. The van der Waals surface area contributed by atoms with Gasteiger partial charge in [-0.15, -0.1) is 0 Å². The van der Waals surface area contributed by atoms with E-state index in [0.717, 1.165) is 17.2 Å². The van der Waals surface area contributed by atoms with E-state index >= 15 is 0 Å². The van der Waals surface area contributed by atoms with Crippen LogP contribution >= 0.6 is 0 Å². The van der Waals surface area contributed by atoms with Crippen LogP contribution in [0.5, 0.6) is 0 Å². The molecule has 0 aromatic carbocycles. The lowest BCUT2D eigenvalue weighted by molar-refractivity contribution is 0.0947. The molecule has 0 aliphatic carbocycles. The van der Waals surface area contributed by atoms with Crippen molar-refractivity contribution in [2.75, 3.05) is 5.73 Å². The van der Waals surface area contributed by atoms with Crippen LogP contribution in [-0.2, 0) is 12.0 Å². The van der Waals surface area contributed by atoms with Gasteiger partial charge >= 0.3 is 0 Å². The van der Waals surface area contributed by atoms with E-state index in [1.165, 1.54) is 0 Å². The molecular formula is C16H21N3O2. The molecule has 5 heteroatoms. The van der Waals surface area contributed by atoms with Gasteiger partial charge in [0.1, 0.15) is 17.3 Å². The Kier molecular flexibility index (Phi) is 4.02. The molecule has 112 valence electrons. The molecule has 0 atom stereocenters. The Hall–Kier alpha value is -2.30. The zero-order chi connectivity index (χ0) is 15.6. The van der Waals surface area contributed by atoms with Crippen LogP contribution in [0.3, 0.4) is 0 Å². The van der Waals surface area contributed by atoms with Crippen molar-refractivity contribution in [3.63, 3.8) is 0 Å². The number of nitrogens with two attached hydrogens (primary N) is 1. The molecule has 0 unspecified atom stereocenters. The number of carbonyl (C=O) groups excluding carboxylic acids is 1. The standard InChI is InChI=1S/C16H21N3O2/c1-10-5-6-12(21-10)9-18-15(20)11-7-13(16(2,3)4)19-14(17)8-11/h5-8H,9H2,1-4H3,(H2,17,19)(H,18,20). The summed E-state index contributed by atoms with van der Waals surface area (Å²) in [5.41, 5.74) is 6.93. The number of nitrogens with one attached hydrogen (secondary N) is 1. The molecule has 2 aromatic heterocycles. The molecule has 2 aromatic rings. The molecule has 0 radical (unpaired) electrons. The molecule has 2 heterocycles. The number of aromatic nitrogens is 1. The van der Waals surface area contributed by atoms with Crippen molar-refractivity contribution in [1.29, 1.82) is 0 Å². The third kappa shape index (κ3) is 3.84. The summed E-state index contributed by atoms with van der Waals surface area (Å²) in [6, 6.07) is 7.07. The Labute approximate surface area is 124 Å². The number of amides is 1. The number of hydrogen-bond acceptors (Lipinski definition) is 4. The van der Waals surface area contributed by atoms with Crippen molar-refractivity contribution in [3.05, 3.63) is 47.0 Å². The minimum atomic E-state index is -0.191. The highest BCUT2D eigenvalue weighted by molar-refractivity contribution is 5.94. The number of carbonyl (C=O) groups is 1. The molecule has 0 fully saturated rings. The van der Waals surface area contributed by atoms with Gasteiger partial charge < -0.3 is 15.5 Å². The first-order valence-electron chi connectivity index (χ1n) is 6.87. The van der Waals surface area contributed by atoms with Crippen molar-refractivity contribution >= 4 is 11.7 Å². The number of pyridine rings is 1. The van der Waals surface area contributed by atoms with Gasteiger partial charge in [-0.1, -0.05) is 20.8 Å². The van der Waals surface area contributed by atoms with Crippen molar-refractivity contribution in [3.8, 4) is 0 Å². The molecule has 0 saturated carbocycles. The fourth-order valence-corrected chi connectivity index (χ4v) is 1.92. The number of rotatable bonds is 3. The molecular weight excluding hydrogens is 266 g/mol. The van der Waals surface area contributed by atoms with E-state index in [1.807, 2.05) is 39.8 Å². The second-order valence-electron chi connectivity index (χ2n) is 6.11. The molecule has 0 saturated heterocycles. The Morgan fingerprint density at radius 1 is 1.33 bits per heavy atom. The van der Waals surface area contributed by atoms with E-state index in [2.05, 4.69) is 10.3 Å². The average molecular weight is 287 g/mol. The van der Waals surface area contributed by atoms with Gasteiger partial charge in [-0.05, 0) is 31.2 Å². The molecule has 0 bridgehead atoms. The van der Waals surface area contributed by atoms with Gasteiger partial charge in [0.2, 0.25) is 0 Å². The second kappa shape index (κ2) is 5.60. The van der Waals surface area contributed by atoms with Crippen molar-refractivity contribution in [2.24, 2.45) is 0 Å². The summed E-state index contributed by atoms with van der Waals surface area (Å²) in [6.07, 6.45) is 0. The van der Waals surface area contributed by atoms with Gasteiger partial charge in [0, 0.05) is 16.7 Å². The zero-order valence-electron chi connectivity index (χ0n) is 12.9. The fourth-order valence-electron chi connectivity index (χ4n) is 1.92. The van der Waals surface area contributed by atoms with Crippen LogP contribution in [0.2, 0.25) is 0 Å². The smallest absolute Gasteiger partial charge is 0.251 e. The van der Waals surface area contributed by atoms with Crippen LogP contribution in [0.25, 0.3) is 0 Å². The third-order valence-corrected chi connectivity index (χ3v) is 3.09. The summed E-state index contributed by atoms with van der Waals surface area (Å²) in [4.78, 5) is 16.5. The van der Waals surface area contributed by atoms with E-state index in [1.54, 1.807) is 12.1 Å². The Bertz CT molecular complexity index is 654. The zero-order valence-corrected chi connectivity index (χ0v) is 12.9. The molecule has 0 aliphatic heterocycles. The maximum Gasteiger partial charge on any atom is 0.251 e. The maximum absolute atomic E-state index is 12.2. The minimum absolute atomic E-state index is 0.164. The topological polar surface area (TPSA) is 81.2 Å². The minimum Gasteiger partial charge on any atom is -0.465 e. The van der Waals surface area contributed by atoms with Crippen LogP contribution in [0.1, 0.15) is 48.3 Å². The summed E-state index contributed by atoms with van der Waals surface area (Å²) in [5, 5.41) is 2.82. The fraction of sp³-hybridized carbons (Fsp3) is 0.375. The molecule has 2 rings (SSSR count). The van der Waals surface area contributed by atoms with E-state index in [0.29, 0.717) is 17.9 Å². The van der Waals surface area contributed by atoms with Crippen molar-refractivity contribution < 1.29 is 9.21 Å². The van der Waals surface area contributed by atoms with Gasteiger partial charge in [0.25, 0.3) is 5.91 Å². The van der Waals surface area contributed by atoms with E-state index in [9.17, 15) is 4.79 Å². The number of anilines is 1. The number of nitrogen functional groups attached to an aromatic ring is 1. The summed E-state index contributed by atoms with van der Waals surface area (Å²) >= 11 is 0. The first kappa shape index (κ1) is 15.1. The molecule has 5 nitrogen and oxygen atoms in total. The summed E-state index contributed by atoms with van der Waals surface area (Å²) in [5.74, 6) is 1.70. The number of aryl methyl sites for hydroxylation is 1. The van der Waals surface area contributed by atoms with Crippen LogP contribution in [0.15, 0.2) is 28.7 Å². The molecule has 1 amide bonds. The lowest BCUT2D eigenvalue weighted by Crippen LogP contribution is -2.24. The summed E-state index contributed by atoms with van der Waals surface area (Å²) in [6.45, 7) is 8.30. The van der Waals surface area contributed by atoms with Gasteiger partial charge in [0.05, 0.1) is 6.54 Å². The first-order chi connectivity index (χ1) is 9.75. The van der Waals surface area contributed by atoms with Crippen LogP contribution < -0.4 is 11.1 Å². The summed E-state index contributed by atoms with van der Waals surface area (Å²) < 4.78 is 5.42.